The van der Waals surface area contributed by atoms with Gasteiger partial charge in [0.15, 0.2) is 0 Å². The van der Waals surface area contributed by atoms with Gasteiger partial charge in [0.1, 0.15) is 0 Å². The van der Waals surface area contributed by atoms with Crippen molar-refractivity contribution in [2.45, 2.75) is 44.3 Å². The molecule has 0 saturated heterocycles. The zero-order valence-corrected chi connectivity index (χ0v) is 17.8. The lowest BCUT2D eigenvalue weighted by Gasteiger charge is -2.29. The molecule has 0 radical (unpaired) electrons. The van der Waals surface area contributed by atoms with Crippen LogP contribution < -0.4 is 4.90 Å². The Bertz CT molecular complexity index is 1010. The summed E-state index contributed by atoms with van der Waals surface area (Å²) in [5, 5.41) is 8.66. The van der Waals surface area contributed by atoms with Gasteiger partial charge in [-0.1, -0.05) is 62.9 Å². The molecule has 0 N–H and O–H groups in total. The Labute approximate surface area is 175 Å². The van der Waals surface area contributed by atoms with E-state index in [0.29, 0.717) is 11.1 Å². The van der Waals surface area contributed by atoms with Gasteiger partial charge in [-0.05, 0) is 47.6 Å². The minimum atomic E-state index is 0.0661. The number of nitrogens with zero attached hydrogens (tertiary/aromatic N) is 3. The summed E-state index contributed by atoms with van der Waals surface area (Å²) in [6.45, 7) is 7.30. The molecule has 0 fully saturated rings. The van der Waals surface area contributed by atoms with Crippen molar-refractivity contribution in [1.29, 1.82) is 0 Å². The Balaban J connectivity index is 1.41. The molecule has 2 aromatic carbocycles. The summed E-state index contributed by atoms with van der Waals surface area (Å²) in [5.74, 6) is 0.819. The topological polar surface area (TPSA) is 59.2 Å². The van der Waals surface area contributed by atoms with Gasteiger partial charge in [-0.2, -0.15) is 0 Å². The van der Waals surface area contributed by atoms with Gasteiger partial charge < -0.3 is 9.32 Å². The molecule has 150 valence electrons. The van der Waals surface area contributed by atoms with E-state index in [1.807, 2.05) is 35.2 Å². The lowest BCUT2D eigenvalue weighted by Crippen LogP contribution is -2.36. The van der Waals surface area contributed by atoms with Crippen LogP contribution >= 0.6 is 11.8 Å². The predicted octanol–water partition coefficient (Wildman–Crippen LogP) is 5.11. The smallest absolute Gasteiger partial charge is 0.277 e. The van der Waals surface area contributed by atoms with Gasteiger partial charge in [-0.3, -0.25) is 4.79 Å². The molecule has 0 atom stereocenters. The highest BCUT2D eigenvalue weighted by molar-refractivity contribution is 7.99. The van der Waals surface area contributed by atoms with Crippen LogP contribution in [0.2, 0.25) is 0 Å². The second kappa shape index (κ2) is 8.03. The maximum absolute atomic E-state index is 12.8. The van der Waals surface area contributed by atoms with Crippen LogP contribution in [-0.4, -0.2) is 28.4 Å². The summed E-state index contributed by atoms with van der Waals surface area (Å²) < 4.78 is 5.77. The second-order valence-electron chi connectivity index (χ2n) is 8.27. The van der Waals surface area contributed by atoms with Gasteiger partial charge in [-0.25, -0.2) is 0 Å². The summed E-state index contributed by atoms with van der Waals surface area (Å²) >= 11 is 1.29. The minimum Gasteiger partial charge on any atom is -0.411 e. The van der Waals surface area contributed by atoms with E-state index in [1.165, 1.54) is 22.9 Å². The average Bonchev–Trinajstić information content (AvgIpc) is 3.20. The largest absolute Gasteiger partial charge is 0.411 e. The molecule has 3 aromatic rings. The maximum atomic E-state index is 12.8. The predicted molar refractivity (Wildman–Crippen MR) is 116 cm³/mol. The van der Waals surface area contributed by atoms with Gasteiger partial charge in [0.25, 0.3) is 5.22 Å². The van der Waals surface area contributed by atoms with E-state index in [4.69, 9.17) is 4.42 Å². The second-order valence-corrected chi connectivity index (χ2v) is 9.19. The summed E-state index contributed by atoms with van der Waals surface area (Å²) in [6.07, 6.45) is 2.01. The molecule has 6 heteroatoms. The van der Waals surface area contributed by atoms with Crippen LogP contribution in [0.15, 0.2) is 58.2 Å². The lowest BCUT2D eigenvalue weighted by atomic mass is 9.87. The van der Waals surface area contributed by atoms with Crippen molar-refractivity contribution in [3.05, 3.63) is 59.7 Å². The third-order valence-electron chi connectivity index (χ3n) is 5.13. The van der Waals surface area contributed by atoms with Gasteiger partial charge in [0.2, 0.25) is 11.8 Å². The fourth-order valence-electron chi connectivity index (χ4n) is 3.49. The van der Waals surface area contributed by atoms with Crippen LogP contribution in [0.1, 0.15) is 38.3 Å². The Morgan fingerprint density at radius 1 is 1.10 bits per heavy atom. The van der Waals surface area contributed by atoms with Gasteiger partial charge in [0, 0.05) is 17.8 Å². The van der Waals surface area contributed by atoms with Crippen LogP contribution in [-0.2, 0) is 16.6 Å². The summed E-state index contributed by atoms with van der Waals surface area (Å²) in [5.41, 5.74) is 4.49. The molecule has 1 amide bonds. The Hall–Kier alpha value is -2.60. The summed E-state index contributed by atoms with van der Waals surface area (Å²) in [4.78, 5) is 14.6. The number of carbonyl (C=O) groups is 1. The third kappa shape index (κ3) is 4.37. The van der Waals surface area contributed by atoms with Crippen molar-refractivity contribution in [1.82, 2.24) is 10.2 Å². The summed E-state index contributed by atoms with van der Waals surface area (Å²) in [6, 6.07) is 16.3. The molecule has 0 saturated carbocycles. The molecule has 29 heavy (non-hydrogen) atoms. The number of hydrogen-bond donors (Lipinski definition) is 0. The molecule has 0 bridgehead atoms. The molecule has 4 rings (SSSR count). The van der Waals surface area contributed by atoms with E-state index < -0.39 is 0 Å². The molecule has 1 aliphatic rings. The fraction of sp³-hybridized carbons (Fsp3) is 0.348. The number of para-hydroxylation sites is 1. The Morgan fingerprint density at radius 3 is 2.62 bits per heavy atom. The van der Waals surface area contributed by atoms with Crippen molar-refractivity contribution < 1.29 is 9.21 Å². The molecule has 1 aliphatic heterocycles. The number of rotatable bonds is 4. The highest BCUT2D eigenvalue weighted by Crippen LogP contribution is 2.29. The number of thioether (sulfide) groups is 1. The van der Waals surface area contributed by atoms with Crippen molar-refractivity contribution in [3.8, 4) is 11.5 Å². The van der Waals surface area contributed by atoms with Crippen LogP contribution in [0.5, 0.6) is 0 Å². The minimum absolute atomic E-state index is 0.0661. The molecule has 5 nitrogen and oxygen atoms in total. The fourth-order valence-corrected chi connectivity index (χ4v) is 4.13. The van der Waals surface area contributed by atoms with Crippen LogP contribution in [0, 0.1) is 0 Å². The molecule has 0 unspecified atom stereocenters. The first-order chi connectivity index (χ1) is 13.9. The van der Waals surface area contributed by atoms with Crippen LogP contribution in [0.4, 0.5) is 5.69 Å². The van der Waals surface area contributed by atoms with Crippen LogP contribution in [0.25, 0.3) is 11.5 Å². The van der Waals surface area contributed by atoms with E-state index in [-0.39, 0.29) is 17.1 Å². The number of benzene rings is 2. The third-order valence-corrected chi connectivity index (χ3v) is 5.94. The van der Waals surface area contributed by atoms with Gasteiger partial charge in [0.05, 0.1) is 5.75 Å². The number of aryl methyl sites for hydroxylation is 1. The number of anilines is 1. The SMILES string of the molecule is CC(C)(C)c1ccc(-c2nnc(SCC(=O)N3CCCc4ccccc43)o2)cc1. The normalized spacial score (nSPS) is 14.0. The molecule has 0 spiro atoms. The van der Waals surface area contributed by atoms with E-state index in [2.05, 4.69) is 49.2 Å². The zero-order chi connectivity index (χ0) is 20.4. The van der Waals surface area contributed by atoms with E-state index in [0.717, 1.165) is 30.6 Å². The first-order valence-corrected chi connectivity index (χ1v) is 10.9. The number of aromatic nitrogens is 2. The molecular weight excluding hydrogens is 382 g/mol. The number of carbonyl (C=O) groups excluding carboxylic acids is 1. The van der Waals surface area contributed by atoms with Gasteiger partial charge in [-0.15, -0.1) is 10.2 Å². The molecule has 1 aromatic heterocycles. The standard InChI is InChI=1S/C23H25N3O2S/c1-23(2,3)18-12-10-17(11-13-18)21-24-25-22(28-21)29-15-20(27)26-14-6-8-16-7-4-5-9-19(16)26/h4-5,7,9-13H,6,8,14-15H2,1-3H3. The highest BCUT2D eigenvalue weighted by Gasteiger charge is 2.23. The average molecular weight is 408 g/mol. The number of hydrogen-bond acceptors (Lipinski definition) is 5. The highest BCUT2D eigenvalue weighted by atomic mass is 32.2. The van der Waals surface area contributed by atoms with E-state index in [1.54, 1.807) is 0 Å². The molecule has 2 heterocycles. The first-order valence-electron chi connectivity index (χ1n) is 9.87. The number of amides is 1. The quantitative estimate of drug-likeness (QED) is 0.563. The lowest BCUT2D eigenvalue weighted by molar-refractivity contribution is -0.116. The van der Waals surface area contributed by atoms with Crippen molar-refractivity contribution in [3.63, 3.8) is 0 Å². The Kier molecular flexibility index (Phi) is 5.46. The van der Waals surface area contributed by atoms with Crippen LogP contribution in [0.3, 0.4) is 0 Å². The molecular formula is C23H25N3O2S. The monoisotopic (exact) mass is 407 g/mol. The van der Waals surface area contributed by atoms with Crippen molar-refractivity contribution in [2.24, 2.45) is 0 Å². The zero-order valence-electron chi connectivity index (χ0n) is 17.0. The maximum Gasteiger partial charge on any atom is 0.277 e. The molecule has 0 aliphatic carbocycles. The van der Waals surface area contributed by atoms with E-state index >= 15 is 0 Å². The Morgan fingerprint density at radius 2 is 1.86 bits per heavy atom. The number of fused-ring (bicyclic) bond motifs is 1. The van der Waals surface area contributed by atoms with Gasteiger partial charge >= 0.3 is 0 Å². The van der Waals surface area contributed by atoms with Crippen molar-refractivity contribution in [2.75, 3.05) is 17.2 Å². The van der Waals surface area contributed by atoms with Crippen molar-refractivity contribution >= 4 is 23.4 Å². The van der Waals surface area contributed by atoms with E-state index in [9.17, 15) is 4.79 Å². The first kappa shape index (κ1) is 19.7. The summed E-state index contributed by atoms with van der Waals surface area (Å²) in [7, 11) is 0.